The van der Waals surface area contributed by atoms with E-state index in [1.807, 2.05) is 49.5 Å². The topological polar surface area (TPSA) is 104 Å². The molecule has 2 N–H and O–H groups in total. The van der Waals surface area contributed by atoms with Crippen molar-refractivity contribution < 1.29 is 8.94 Å². The largest absolute Gasteiger partial charge is 0.423 e. The Morgan fingerprint density at radius 3 is 2.68 bits per heavy atom. The Bertz CT molecular complexity index is 1200. The molecule has 1 saturated heterocycles. The maximum Gasteiger partial charge on any atom is 0.298 e. The summed E-state index contributed by atoms with van der Waals surface area (Å²) >= 11 is 0. The second kappa shape index (κ2) is 7.86. The number of nitrogens with one attached hydrogen (secondary N) is 2. The highest BCUT2D eigenvalue weighted by Crippen LogP contribution is 2.32. The summed E-state index contributed by atoms with van der Waals surface area (Å²) < 4.78 is 11.5. The fraction of sp³-hybridized carbons (Fsp3) is 0.304. The predicted molar refractivity (Wildman–Crippen MR) is 120 cm³/mol. The molecule has 1 fully saturated rings. The molecule has 0 unspecified atom stereocenters. The van der Waals surface area contributed by atoms with Crippen molar-refractivity contribution in [2.24, 2.45) is 0 Å². The second-order valence-corrected chi connectivity index (χ2v) is 7.82. The molecule has 0 saturated carbocycles. The van der Waals surface area contributed by atoms with E-state index in [2.05, 4.69) is 25.3 Å². The van der Waals surface area contributed by atoms with E-state index in [1.165, 1.54) is 0 Å². The van der Waals surface area contributed by atoms with Crippen LogP contribution in [-0.2, 0) is 0 Å². The lowest BCUT2D eigenvalue weighted by Gasteiger charge is -2.28. The van der Waals surface area contributed by atoms with Crippen LogP contribution in [0.2, 0.25) is 0 Å². The Balaban J connectivity index is 1.29. The van der Waals surface area contributed by atoms with E-state index < -0.39 is 0 Å². The van der Waals surface area contributed by atoms with E-state index in [0.717, 1.165) is 53.8 Å². The molecule has 0 radical (unpaired) electrons. The Kier molecular flexibility index (Phi) is 4.89. The Hall–Kier alpha value is -3.68. The van der Waals surface area contributed by atoms with Gasteiger partial charge in [-0.15, -0.1) is 0 Å². The van der Waals surface area contributed by atoms with E-state index in [1.54, 1.807) is 6.92 Å². The van der Waals surface area contributed by atoms with Crippen molar-refractivity contribution >= 4 is 28.5 Å². The first-order valence-electron chi connectivity index (χ1n) is 10.4. The summed E-state index contributed by atoms with van der Waals surface area (Å²) in [5.74, 6) is 1.46. The monoisotopic (exact) mass is 416 g/mol. The van der Waals surface area contributed by atoms with Crippen molar-refractivity contribution in [3.8, 4) is 11.4 Å². The van der Waals surface area contributed by atoms with Crippen molar-refractivity contribution in [2.45, 2.75) is 25.7 Å². The molecule has 5 rings (SSSR count). The third-order valence-electron chi connectivity index (χ3n) is 5.79. The highest BCUT2D eigenvalue weighted by molar-refractivity contribution is 6.02. The summed E-state index contributed by atoms with van der Waals surface area (Å²) in [6, 6.07) is 14.3. The molecule has 31 heavy (non-hydrogen) atoms. The van der Waals surface area contributed by atoms with Crippen LogP contribution in [0, 0.1) is 5.41 Å². The van der Waals surface area contributed by atoms with Crippen LogP contribution in [0.3, 0.4) is 0 Å². The zero-order chi connectivity index (χ0) is 21.4. The summed E-state index contributed by atoms with van der Waals surface area (Å²) in [5, 5.41) is 15.2. The summed E-state index contributed by atoms with van der Waals surface area (Å²) in [7, 11) is 1.85. The van der Waals surface area contributed by atoms with Crippen molar-refractivity contribution in [3.05, 3.63) is 53.9 Å². The summed E-state index contributed by atoms with van der Waals surface area (Å²) in [5.41, 5.74) is 4.81. The number of para-hydroxylation sites is 2. The number of oxazole rings is 1. The lowest BCUT2D eigenvalue weighted by molar-refractivity contribution is 0.326. The van der Waals surface area contributed by atoms with Crippen molar-refractivity contribution in [1.82, 2.24) is 15.1 Å². The molecule has 0 bridgehead atoms. The summed E-state index contributed by atoms with van der Waals surface area (Å²) in [6.45, 7) is 3.42. The van der Waals surface area contributed by atoms with Crippen LogP contribution in [0.1, 0.15) is 37.1 Å². The molecule has 4 aromatic rings. The van der Waals surface area contributed by atoms with Crippen molar-refractivity contribution in [2.75, 3.05) is 30.4 Å². The van der Waals surface area contributed by atoms with Gasteiger partial charge in [-0.3, -0.25) is 0 Å². The molecule has 8 heteroatoms. The van der Waals surface area contributed by atoms with Gasteiger partial charge < -0.3 is 24.6 Å². The molecule has 1 aliphatic heterocycles. The molecule has 8 nitrogen and oxygen atoms in total. The van der Waals surface area contributed by atoms with Gasteiger partial charge in [0, 0.05) is 48.6 Å². The molecule has 2 aromatic heterocycles. The second-order valence-electron chi connectivity index (χ2n) is 7.82. The maximum absolute atomic E-state index is 7.90. The SMILES string of the molecule is CNc1cc(-c2noc(C3CCN(c4nc5ccccc5o4)CC3)n2)ccc1C(C)=N. The van der Waals surface area contributed by atoms with Crippen LogP contribution in [0.4, 0.5) is 11.7 Å². The highest BCUT2D eigenvalue weighted by Gasteiger charge is 2.27. The minimum absolute atomic E-state index is 0.216. The molecule has 1 aliphatic rings. The number of rotatable bonds is 5. The van der Waals surface area contributed by atoms with Crippen LogP contribution in [-0.4, -0.2) is 41.0 Å². The first-order chi connectivity index (χ1) is 15.1. The molecular weight excluding hydrogens is 392 g/mol. The van der Waals surface area contributed by atoms with Gasteiger partial charge in [0.05, 0.1) is 0 Å². The fourth-order valence-corrected chi connectivity index (χ4v) is 4.05. The normalized spacial score (nSPS) is 14.8. The van der Waals surface area contributed by atoms with E-state index in [4.69, 9.17) is 14.3 Å². The van der Waals surface area contributed by atoms with Crippen LogP contribution in [0.5, 0.6) is 0 Å². The Labute approximate surface area is 179 Å². The number of aromatic nitrogens is 3. The highest BCUT2D eigenvalue weighted by atomic mass is 16.5. The molecule has 0 amide bonds. The summed E-state index contributed by atoms with van der Waals surface area (Å²) in [4.78, 5) is 11.4. The average molecular weight is 416 g/mol. The fourth-order valence-electron chi connectivity index (χ4n) is 4.05. The van der Waals surface area contributed by atoms with Crippen LogP contribution in [0.25, 0.3) is 22.5 Å². The van der Waals surface area contributed by atoms with Gasteiger partial charge in [-0.05, 0) is 38.0 Å². The number of anilines is 2. The summed E-state index contributed by atoms with van der Waals surface area (Å²) in [6.07, 6.45) is 1.79. The van der Waals surface area contributed by atoms with Gasteiger partial charge in [0.1, 0.15) is 5.52 Å². The van der Waals surface area contributed by atoms with Crippen LogP contribution >= 0.6 is 0 Å². The Morgan fingerprint density at radius 1 is 1.13 bits per heavy atom. The molecule has 158 valence electrons. The van der Waals surface area contributed by atoms with Gasteiger partial charge in [0.25, 0.3) is 6.01 Å². The van der Waals surface area contributed by atoms with Crippen molar-refractivity contribution in [3.63, 3.8) is 0 Å². The first kappa shape index (κ1) is 19.3. The minimum Gasteiger partial charge on any atom is -0.423 e. The smallest absolute Gasteiger partial charge is 0.298 e. The van der Waals surface area contributed by atoms with E-state index in [-0.39, 0.29) is 5.92 Å². The van der Waals surface area contributed by atoms with E-state index in [0.29, 0.717) is 23.4 Å². The number of hydrogen-bond donors (Lipinski definition) is 2. The number of piperidine rings is 1. The maximum atomic E-state index is 7.90. The van der Waals surface area contributed by atoms with Gasteiger partial charge in [-0.25, -0.2) is 0 Å². The van der Waals surface area contributed by atoms with Gasteiger partial charge in [-0.2, -0.15) is 9.97 Å². The number of nitrogens with zero attached hydrogens (tertiary/aromatic N) is 4. The number of benzene rings is 2. The lowest BCUT2D eigenvalue weighted by atomic mass is 9.97. The van der Waals surface area contributed by atoms with Gasteiger partial charge >= 0.3 is 0 Å². The predicted octanol–water partition coefficient (Wildman–Crippen LogP) is 4.69. The van der Waals surface area contributed by atoms with Crippen LogP contribution in [0.15, 0.2) is 51.4 Å². The quantitative estimate of drug-likeness (QED) is 0.455. The average Bonchev–Trinajstić information content (AvgIpc) is 3.46. The standard InChI is InChI=1S/C23H24N6O2/c1-14(24)17-8-7-16(13-19(17)25-2)21-27-22(31-28-21)15-9-11-29(12-10-15)23-26-18-5-3-4-6-20(18)30-23/h3-8,13,15,24-25H,9-12H2,1-2H3. The molecule has 0 spiro atoms. The van der Waals surface area contributed by atoms with E-state index >= 15 is 0 Å². The molecule has 3 heterocycles. The minimum atomic E-state index is 0.216. The van der Waals surface area contributed by atoms with Gasteiger partial charge in [0.2, 0.25) is 11.7 Å². The van der Waals surface area contributed by atoms with Crippen LogP contribution < -0.4 is 10.2 Å². The van der Waals surface area contributed by atoms with Gasteiger partial charge in [0.15, 0.2) is 5.58 Å². The Morgan fingerprint density at radius 2 is 1.94 bits per heavy atom. The lowest BCUT2D eigenvalue weighted by Crippen LogP contribution is -2.33. The number of fused-ring (bicyclic) bond motifs is 1. The van der Waals surface area contributed by atoms with Crippen molar-refractivity contribution in [1.29, 1.82) is 5.41 Å². The molecule has 0 atom stereocenters. The third-order valence-corrected chi connectivity index (χ3v) is 5.79. The first-order valence-corrected chi connectivity index (χ1v) is 10.4. The number of hydrogen-bond acceptors (Lipinski definition) is 8. The molecule has 2 aromatic carbocycles. The van der Waals surface area contributed by atoms with Gasteiger partial charge in [-0.1, -0.05) is 29.4 Å². The zero-order valence-corrected chi connectivity index (χ0v) is 17.6. The third kappa shape index (κ3) is 3.65. The van der Waals surface area contributed by atoms with E-state index in [9.17, 15) is 0 Å². The zero-order valence-electron chi connectivity index (χ0n) is 17.6. The molecule has 0 aliphatic carbocycles. The molecular formula is C23H24N6O2.